The molecule has 1 saturated carbocycles. The van der Waals surface area contributed by atoms with Gasteiger partial charge in [0.15, 0.2) is 0 Å². The van der Waals surface area contributed by atoms with Crippen molar-refractivity contribution in [3.63, 3.8) is 0 Å². The standard InChI is InChI=1S/C27H34N2O2/c1-28(2)26(31)27(15-17-29(18-16-27)25(30)23-12-6-7-13-23)20-21-9-8-14-24(19-21)22-10-4-3-5-11-22/h3-5,8-11,14,19,23H,6-7,12-13,15-18,20H2,1-2H3. The lowest BCUT2D eigenvalue weighted by Crippen LogP contribution is -2.51. The van der Waals surface area contributed by atoms with Crippen LogP contribution in [0.1, 0.15) is 44.1 Å². The minimum Gasteiger partial charge on any atom is -0.348 e. The third kappa shape index (κ3) is 4.68. The van der Waals surface area contributed by atoms with Crippen LogP contribution in [-0.2, 0) is 16.0 Å². The summed E-state index contributed by atoms with van der Waals surface area (Å²) in [5.74, 6) is 0.708. The van der Waals surface area contributed by atoms with E-state index in [4.69, 9.17) is 0 Å². The predicted octanol–water partition coefficient (Wildman–Crippen LogP) is 4.78. The van der Waals surface area contributed by atoms with Gasteiger partial charge in [-0.2, -0.15) is 0 Å². The van der Waals surface area contributed by atoms with Crippen LogP contribution in [0.15, 0.2) is 54.6 Å². The Morgan fingerprint density at radius 3 is 2.23 bits per heavy atom. The van der Waals surface area contributed by atoms with Crippen molar-refractivity contribution < 1.29 is 9.59 Å². The summed E-state index contributed by atoms with van der Waals surface area (Å²) in [6, 6.07) is 18.9. The number of carbonyl (C=O) groups excluding carboxylic acids is 2. The summed E-state index contributed by atoms with van der Waals surface area (Å²) < 4.78 is 0. The molecular formula is C27H34N2O2. The second-order valence-corrected chi connectivity index (χ2v) is 9.53. The molecule has 1 aliphatic heterocycles. The summed E-state index contributed by atoms with van der Waals surface area (Å²) in [6.45, 7) is 1.38. The smallest absolute Gasteiger partial charge is 0.228 e. The van der Waals surface area contributed by atoms with Gasteiger partial charge in [0.25, 0.3) is 0 Å². The van der Waals surface area contributed by atoms with Crippen LogP contribution >= 0.6 is 0 Å². The van der Waals surface area contributed by atoms with Crippen LogP contribution in [0, 0.1) is 11.3 Å². The van der Waals surface area contributed by atoms with Crippen LogP contribution in [0.2, 0.25) is 0 Å². The molecule has 2 amide bonds. The second-order valence-electron chi connectivity index (χ2n) is 9.53. The number of carbonyl (C=O) groups is 2. The first-order valence-corrected chi connectivity index (χ1v) is 11.6. The molecule has 4 nitrogen and oxygen atoms in total. The molecule has 2 aromatic carbocycles. The van der Waals surface area contributed by atoms with Crippen molar-refractivity contribution in [1.82, 2.24) is 9.80 Å². The fraction of sp³-hybridized carbons (Fsp3) is 0.481. The van der Waals surface area contributed by atoms with E-state index in [1.165, 1.54) is 29.5 Å². The van der Waals surface area contributed by atoms with Crippen molar-refractivity contribution in [2.75, 3.05) is 27.2 Å². The highest BCUT2D eigenvalue weighted by Crippen LogP contribution is 2.39. The van der Waals surface area contributed by atoms with Gasteiger partial charge in [-0.05, 0) is 48.8 Å². The summed E-state index contributed by atoms with van der Waals surface area (Å²) in [4.78, 5) is 30.0. The predicted molar refractivity (Wildman–Crippen MR) is 124 cm³/mol. The SMILES string of the molecule is CN(C)C(=O)C1(Cc2cccc(-c3ccccc3)c2)CCN(C(=O)C2CCCC2)CC1. The van der Waals surface area contributed by atoms with E-state index in [-0.39, 0.29) is 11.8 Å². The van der Waals surface area contributed by atoms with Crippen LogP contribution < -0.4 is 0 Å². The van der Waals surface area contributed by atoms with Crippen molar-refractivity contribution in [1.29, 1.82) is 0 Å². The first-order valence-electron chi connectivity index (χ1n) is 11.6. The van der Waals surface area contributed by atoms with Gasteiger partial charge in [0.2, 0.25) is 11.8 Å². The molecule has 4 heteroatoms. The lowest BCUT2D eigenvalue weighted by Gasteiger charge is -2.42. The summed E-state index contributed by atoms with van der Waals surface area (Å²) in [5.41, 5.74) is 3.12. The zero-order valence-corrected chi connectivity index (χ0v) is 18.8. The Morgan fingerprint density at radius 1 is 0.935 bits per heavy atom. The number of hydrogen-bond acceptors (Lipinski definition) is 2. The molecule has 2 aliphatic rings. The third-order valence-corrected chi connectivity index (χ3v) is 7.17. The van der Waals surface area contributed by atoms with Gasteiger partial charge >= 0.3 is 0 Å². The van der Waals surface area contributed by atoms with E-state index in [1.807, 2.05) is 25.1 Å². The van der Waals surface area contributed by atoms with Crippen LogP contribution in [0.25, 0.3) is 11.1 Å². The number of nitrogens with zero attached hydrogens (tertiary/aromatic N) is 2. The Bertz CT molecular complexity index is 908. The number of likely N-dealkylation sites (tertiary alicyclic amines) is 1. The zero-order chi connectivity index (χ0) is 21.8. The van der Waals surface area contributed by atoms with E-state index in [0.717, 1.165) is 32.1 Å². The number of rotatable bonds is 5. The van der Waals surface area contributed by atoms with E-state index in [9.17, 15) is 9.59 Å². The van der Waals surface area contributed by atoms with E-state index in [2.05, 4.69) is 48.5 Å². The third-order valence-electron chi connectivity index (χ3n) is 7.17. The molecule has 0 N–H and O–H groups in total. The maximum absolute atomic E-state index is 13.3. The summed E-state index contributed by atoms with van der Waals surface area (Å²) in [5, 5.41) is 0. The Hall–Kier alpha value is -2.62. The minimum absolute atomic E-state index is 0.186. The van der Waals surface area contributed by atoms with Crippen LogP contribution in [-0.4, -0.2) is 48.8 Å². The normalized spacial score (nSPS) is 18.7. The van der Waals surface area contributed by atoms with Gasteiger partial charge in [-0.1, -0.05) is 67.4 Å². The molecule has 2 aromatic rings. The Balaban J connectivity index is 1.53. The average Bonchev–Trinajstić information content (AvgIpc) is 3.34. The van der Waals surface area contributed by atoms with E-state index in [0.29, 0.717) is 19.0 Å². The number of amides is 2. The first kappa shape index (κ1) is 21.6. The Kier molecular flexibility index (Phi) is 6.45. The summed E-state index contributed by atoms with van der Waals surface area (Å²) in [6.07, 6.45) is 6.59. The van der Waals surface area contributed by atoms with Gasteiger partial charge in [-0.25, -0.2) is 0 Å². The number of hydrogen-bond donors (Lipinski definition) is 0. The molecule has 1 heterocycles. The fourth-order valence-corrected chi connectivity index (χ4v) is 5.41. The molecule has 2 fully saturated rings. The van der Waals surface area contributed by atoms with Gasteiger partial charge in [-0.3, -0.25) is 9.59 Å². The van der Waals surface area contributed by atoms with Gasteiger partial charge in [0.05, 0.1) is 5.41 Å². The molecular weight excluding hydrogens is 384 g/mol. The van der Waals surface area contributed by atoms with Crippen molar-refractivity contribution in [2.45, 2.75) is 44.9 Å². The molecule has 0 aromatic heterocycles. The molecule has 1 saturated heterocycles. The molecule has 0 bridgehead atoms. The molecule has 31 heavy (non-hydrogen) atoms. The van der Waals surface area contributed by atoms with E-state index in [1.54, 1.807) is 4.90 Å². The van der Waals surface area contributed by atoms with Crippen molar-refractivity contribution >= 4 is 11.8 Å². The molecule has 164 valence electrons. The highest BCUT2D eigenvalue weighted by Gasteiger charge is 2.44. The number of benzene rings is 2. The highest BCUT2D eigenvalue weighted by molar-refractivity contribution is 5.84. The molecule has 4 rings (SSSR count). The summed E-state index contributed by atoms with van der Waals surface area (Å²) in [7, 11) is 3.70. The van der Waals surface area contributed by atoms with Crippen LogP contribution in [0.5, 0.6) is 0 Å². The van der Waals surface area contributed by atoms with Gasteiger partial charge < -0.3 is 9.80 Å². The minimum atomic E-state index is -0.439. The quantitative estimate of drug-likeness (QED) is 0.701. The van der Waals surface area contributed by atoms with E-state index < -0.39 is 5.41 Å². The van der Waals surface area contributed by atoms with Crippen molar-refractivity contribution in [3.05, 3.63) is 60.2 Å². The molecule has 0 radical (unpaired) electrons. The van der Waals surface area contributed by atoms with Gasteiger partial charge in [0.1, 0.15) is 0 Å². The van der Waals surface area contributed by atoms with Crippen molar-refractivity contribution in [2.24, 2.45) is 11.3 Å². The molecule has 0 spiro atoms. The topological polar surface area (TPSA) is 40.6 Å². The number of piperidine rings is 1. The lowest BCUT2D eigenvalue weighted by atomic mass is 9.72. The molecule has 1 aliphatic carbocycles. The van der Waals surface area contributed by atoms with Crippen LogP contribution in [0.3, 0.4) is 0 Å². The second kappa shape index (κ2) is 9.25. The van der Waals surface area contributed by atoms with E-state index >= 15 is 0 Å². The zero-order valence-electron chi connectivity index (χ0n) is 18.8. The Morgan fingerprint density at radius 2 is 1.58 bits per heavy atom. The molecule has 0 unspecified atom stereocenters. The maximum atomic E-state index is 13.3. The highest BCUT2D eigenvalue weighted by atomic mass is 16.2. The van der Waals surface area contributed by atoms with Crippen molar-refractivity contribution in [3.8, 4) is 11.1 Å². The fourth-order valence-electron chi connectivity index (χ4n) is 5.41. The van der Waals surface area contributed by atoms with Gasteiger partial charge in [-0.15, -0.1) is 0 Å². The van der Waals surface area contributed by atoms with Crippen LogP contribution in [0.4, 0.5) is 0 Å². The molecule has 0 atom stereocenters. The average molecular weight is 419 g/mol. The summed E-state index contributed by atoms with van der Waals surface area (Å²) >= 11 is 0. The monoisotopic (exact) mass is 418 g/mol. The van der Waals surface area contributed by atoms with Gasteiger partial charge in [0, 0.05) is 33.1 Å². The maximum Gasteiger partial charge on any atom is 0.228 e. The first-order chi connectivity index (χ1) is 15.0. The Labute approximate surface area is 186 Å². The lowest BCUT2D eigenvalue weighted by molar-refractivity contribution is -0.147. The largest absolute Gasteiger partial charge is 0.348 e.